The van der Waals surface area contributed by atoms with E-state index in [1.54, 1.807) is 19.2 Å². The molecule has 8 heteroatoms. The molecule has 2 atom stereocenters. The lowest BCUT2D eigenvalue weighted by Crippen LogP contribution is -2.48. The molecule has 1 aliphatic carbocycles. The fourth-order valence-electron chi connectivity index (χ4n) is 3.78. The van der Waals surface area contributed by atoms with Crippen LogP contribution in [0.5, 0.6) is 0 Å². The van der Waals surface area contributed by atoms with Crippen molar-refractivity contribution in [3.63, 3.8) is 0 Å². The summed E-state index contributed by atoms with van der Waals surface area (Å²) in [5.74, 6) is 0.805. The van der Waals surface area contributed by atoms with E-state index in [1.807, 2.05) is 6.92 Å². The number of hydrogen-bond donors (Lipinski definition) is 1. The van der Waals surface area contributed by atoms with Crippen LogP contribution in [0.2, 0.25) is 5.02 Å². The first-order valence-corrected chi connectivity index (χ1v) is 10.6. The zero-order valence-corrected chi connectivity index (χ0v) is 20.3. The number of nitrogens with one attached hydrogen (secondary N) is 1. The van der Waals surface area contributed by atoms with Crippen LogP contribution in [0.25, 0.3) is 0 Å². The van der Waals surface area contributed by atoms with Crippen LogP contribution in [0, 0.1) is 5.82 Å². The van der Waals surface area contributed by atoms with Crippen LogP contribution in [0.3, 0.4) is 0 Å². The first kappa shape index (κ1) is 24.6. The fraction of sp³-hybridized carbons (Fsp3) is 0.667. The molecule has 2 unspecified atom stereocenters. The van der Waals surface area contributed by atoms with Crippen molar-refractivity contribution in [2.24, 2.45) is 4.99 Å². The Hall–Kier alpha value is -0.640. The number of hydrogen-bond acceptors (Lipinski definition) is 3. The summed E-state index contributed by atoms with van der Waals surface area (Å²) in [6.07, 6.45) is 4.10. The molecule has 0 spiro atoms. The second-order valence-electron chi connectivity index (χ2n) is 7.43. The Labute approximate surface area is 195 Å². The van der Waals surface area contributed by atoms with Crippen molar-refractivity contribution in [2.45, 2.75) is 50.7 Å². The van der Waals surface area contributed by atoms with E-state index < -0.39 is 0 Å². The van der Waals surface area contributed by atoms with E-state index in [-0.39, 0.29) is 41.8 Å². The largest absolute Gasteiger partial charge is 0.385 e. The molecule has 1 N–H and O–H groups in total. The number of guanidine groups is 1. The standard InChI is InChI=1S/C21H31ClFN3O2.HI/c1-3-24-21(26-10-8-15(9-11-26)28-13-5-12-27-2)25-19-14-16(19)20-17(22)6-4-7-18(20)23;/h4,6-7,15-16,19H,3,5,8-14H2,1-2H3,(H,24,25);1H. The molecular formula is C21H32ClFIN3O2. The molecule has 1 heterocycles. The topological polar surface area (TPSA) is 46.1 Å². The van der Waals surface area contributed by atoms with Crippen molar-refractivity contribution in [3.05, 3.63) is 34.6 Å². The molecular weight excluding hydrogens is 508 g/mol. The summed E-state index contributed by atoms with van der Waals surface area (Å²) in [5.41, 5.74) is 0.626. The number of rotatable bonds is 8. The van der Waals surface area contributed by atoms with E-state index in [1.165, 1.54) is 6.07 Å². The van der Waals surface area contributed by atoms with Crippen molar-refractivity contribution >= 4 is 41.5 Å². The minimum absolute atomic E-state index is 0. The SMILES string of the molecule is CCN=C(NC1CC1c1c(F)cccc1Cl)N1CCC(OCCCOC)CC1.I. The van der Waals surface area contributed by atoms with Gasteiger partial charge in [-0.2, -0.15) is 0 Å². The lowest BCUT2D eigenvalue weighted by atomic mass is 10.1. The summed E-state index contributed by atoms with van der Waals surface area (Å²) < 4.78 is 25.2. The molecule has 0 amide bonds. The van der Waals surface area contributed by atoms with E-state index in [4.69, 9.17) is 21.1 Å². The van der Waals surface area contributed by atoms with Crippen molar-refractivity contribution in [2.75, 3.05) is 40.0 Å². The molecule has 1 saturated heterocycles. The molecule has 1 saturated carbocycles. The van der Waals surface area contributed by atoms with Gasteiger partial charge in [0.25, 0.3) is 0 Å². The number of likely N-dealkylation sites (tertiary alicyclic amines) is 1. The molecule has 29 heavy (non-hydrogen) atoms. The Morgan fingerprint density at radius 3 is 2.72 bits per heavy atom. The second-order valence-corrected chi connectivity index (χ2v) is 7.84. The van der Waals surface area contributed by atoms with Crippen LogP contribution < -0.4 is 5.32 Å². The molecule has 1 aliphatic heterocycles. The van der Waals surface area contributed by atoms with Gasteiger partial charge in [0.2, 0.25) is 0 Å². The first-order chi connectivity index (χ1) is 13.6. The molecule has 164 valence electrons. The average molecular weight is 540 g/mol. The Morgan fingerprint density at radius 1 is 1.31 bits per heavy atom. The van der Waals surface area contributed by atoms with Crippen LogP contribution in [0.1, 0.15) is 44.1 Å². The van der Waals surface area contributed by atoms with Gasteiger partial charge in [-0.25, -0.2) is 4.39 Å². The summed E-state index contributed by atoms with van der Waals surface area (Å²) in [6, 6.07) is 5.07. The maximum absolute atomic E-state index is 14.2. The highest BCUT2D eigenvalue weighted by Crippen LogP contribution is 2.45. The van der Waals surface area contributed by atoms with Gasteiger partial charge in [-0.1, -0.05) is 17.7 Å². The van der Waals surface area contributed by atoms with Crippen LogP contribution in [0.4, 0.5) is 4.39 Å². The molecule has 1 aromatic rings. The molecule has 0 aromatic heterocycles. The van der Waals surface area contributed by atoms with Gasteiger partial charge in [-0.3, -0.25) is 4.99 Å². The highest BCUT2D eigenvalue weighted by atomic mass is 127. The van der Waals surface area contributed by atoms with Crippen LogP contribution in [0.15, 0.2) is 23.2 Å². The van der Waals surface area contributed by atoms with Gasteiger partial charge in [0.15, 0.2) is 5.96 Å². The molecule has 2 aliphatic rings. The van der Waals surface area contributed by atoms with Gasteiger partial charge < -0.3 is 19.7 Å². The minimum atomic E-state index is -0.220. The van der Waals surface area contributed by atoms with Crippen LogP contribution >= 0.6 is 35.6 Å². The lowest BCUT2D eigenvalue weighted by molar-refractivity contribution is 0.00988. The first-order valence-electron chi connectivity index (χ1n) is 10.2. The van der Waals surface area contributed by atoms with Gasteiger partial charge in [-0.15, -0.1) is 24.0 Å². The number of methoxy groups -OCH3 is 1. The minimum Gasteiger partial charge on any atom is -0.385 e. The third kappa shape index (κ3) is 6.94. The highest BCUT2D eigenvalue weighted by molar-refractivity contribution is 14.0. The van der Waals surface area contributed by atoms with E-state index in [0.29, 0.717) is 23.2 Å². The lowest BCUT2D eigenvalue weighted by Gasteiger charge is -2.34. The number of piperidine rings is 1. The van der Waals surface area contributed by atoms with Crippen molar-refractivity contribution in [3.8, 4) is 0 Å². The summed E-state index contributed by atoms with van der Waals surface area (Å²) in [6.45, 7) is 6.07. The van der Waals surface area contributed by atoms with Gasteiger partial charge in [-0.05, 0) is 44.7 Å². The van der Waals surface area contributed by atoms with Crippen molar-refractivity contribution in [1.82, 2.24) is 10.2 Å². The van der Waals surface area contributed by atoms with Gasteiger partial charge in [0.05, 0.1) is 6.10 Å². The number of ether oxygens (including phenoxy) is 2. The second kappa shape index (κ2) is 12.3. The molecule has 2 fully saturated rings. The summed E-state index contributed by atoms with van der Waals surface area (Å²) in [4.78, 5) is 6.95. The maximum Gasteiger partial charge on any atom is 0.194 e. The highest BCUT2D eigenvalue weighted by Gasteiger charge is 2.42. The Kier molecular flexibility index (Phi) is 10.4. The molecule has 0 bridgehead atoms. The zero-order valence-electron chi connectivity index (χ0n) is 17.2. The zero-order chi connectivity index (χ0) is 19.9. The monoisotopic (exact) mass is 539 g/mol. The molecule has 0 radical (unpaired) electrons. The smallest absolute Gasteiger partial charge is 0.194 e. The number of aliphatic imine (C=N–C) groups is 1. The third-order valence-electron chi connectivity index (χ3n) is 5.37. The van der Waals surface area contributed by atoms with Crippen LogP contribution in [-0.2, 0) is 9.47 Å². The molecule has 5 nitrogen and oxygen atoms in total. The van der Waals surface area contributed by atoms with Crippen LogP contribution in [-0.4, -0.2) is 63.0 Å². The Balaban J connectivity index is 0.00000300. The summed E-state index contributed by atoms with van der Waals surface area (Å²) in [5, 5.41) is 4.04. The number of nitrogens with zero attached hydrogens (tertiary/aromatic N) is 2. The van der Waals surface area contributed by atoms with Gasteiger partial charge in [0.1, 0.15) is 5.82 Å². The fourth-order valence-corrected chi connectivity index (χ4v) is 4.08. The molecule has 1 aromatic carbocycles. The number of benzene rings is 1. The van der Waals surface area contributed by atoms with E-state index in [9.17, 15) is 4.39 Å². The van der Waals surface area contributed by atoms with Gasteiger partial charge >= 0.3 is 0 Å². The van der Waals surface area contributed by atoms with Crippen molar-refractivity contribution in [1.29, 1.82) is 0 Å². The molecule has 3 rings (SSSR count). The normalized spacial score (nSPS) is 22.3. The maximum atomic E-state index is 14.2. The predicted octanol–water partition coefficient (Wildman–Crippen LogP) is 4.44. The van der Waals surface area contributed by atoms with E-state index in [0.717, 1.165) is 57.9 Å². The number of halogens is 3. The predicted molar refractivity (Wildman–Crippen MR) is 126 cm³/mol. The van der Waals surface area contributed by atoms with Gasteiger partial charge in [0, 0.05) is 62.5 Å². The third-order valence-corrected chi connectivity index (χ3v) is 5.70. The van der Waals surface area contributed by atoms with E-state index in [2.05, 4.69) is 15.2 Å². The van der Waals surface area contributed by atoms with Crippen molar-refractivity contribution < 1.29 is 13.9 Å². The summed E-state index contributed by atoms with van der Waals surface area (Å²) >= 11 is 6.22. The Morgan fingerprint density at radius 2 is 2.07 bits per heavy atom. The summed E-state index contributed by atoms with van der Waals surface area (Å²) in [7, 11) is 1.71. The Bertz CT molecular complexity index is 651. The quantitative estimate of drug-likeness (QED) is 0.230. The van der Waals surface area contributed by atoms with E-state index >= 15 is 0 Å². The average Bonchev–Trinajstić information content (AvgIpc) is 3.44.